The molecule has 0 radical (unpaired) electrons. The van der Waals surface area contributed by atoms with Crippen LogP contribution in [0.3, 0.4) is 0 Å². The van der Waals surface area contributed by atoms with Crippen molar-refractivity contribution in [2.75, 3.05) is 51.3 Å². The maximum Gasteiger partial charge on any atom is 0.251 e. The molecule has 1 N–H and O–H groups in total. The number of ether oxygens (including phenoxy) is 1. The highest BCUT2D eigenvalue weighted by atomic mass is 19.3. The van der Waals surface area contributed by atoms with Crippen molar-refractivity contribution < 1.29 is 18.3 Å². The highest BCUT2D eigenvalue weighted by Crippen LogP contribution is 2.13. The molecule has 1 aromatic rings. The van der Waals surface area contributed by atoms with E-state index in [-0.39, 0.29) is 19.0 Å². The van der Waals surface area contributed by atoms with Crippen LogP contribution in [-0.2, 0) is 16.1 Å². The van der Waals surface area contributed by atoms with E-state index < -0.39 is 6.43 Å². The number of rotatable bonds is 9. The maximum absolute atomic E-state index is 12.5. The van der Waals surface area contributed by atoms with Gasteiger partial charge < -0.3 is 10.1 Å². The highest BCUT2D eigenvalue weighted by Gasteiger charge is 2.15. The van der Waals surface area contributed by atoms with Gasteiger partial charge in [-0.15, -0.1) is 0 Å². The molecule has 1 aliphatic rings. The van der Waals surface area contributed by atoms with Crippen LogP contribution in [-0.4, -0.2) is 68.1 Å². The summed E-state index contributed by atoms with van der Waals surface area (Å²) in [4.78, 5) is 15.9. The van der Waals surface area contributed by atoms with Gasteiger partial charge in [-0.3, -0.25) is 14.6 Å². The van der Waals surface area contributed by atoms with E-state index >= 15 is 0 Å². The normalized spacial score (nSPS) is 15.7. The van der Waals surface area contributed by atoms with E-state index in [0.717, 1.165) is 39.3 Å². The Morgan fingerprint density at radius 3 is 2.56 bits per heavy atom. The first-order valence-electron chi connectivity index (χ1n) is 8.76. The molecule has 140 valence electrons. The average Bonchev–Trinajstić information content (AvgIpc) is 2.57. The molecule has 1 heterocycles. The minimum Gasteiger partial charge on any atom is -0.379 e. The summed E-state index contributed by atoms with van der Waals surface area (Å²) in [6.45, 7) is 6.23. The van der Waals surface area contributed by atoms with Crippen LogP contribution in [0.15, 0.2) is 24.3 Å². The molecule has 0 spiro atoms. The lowest BCUT2D eigenvalue weighted by Gasteiger charge is -2.26. The molecule has 0 aliphatic carbocycles. The zero-order valence-electron chi connectivity index (χ0n) is 14.7. The molecule has 1 fully saturated rings. The Hall–Kier alpha value is -1.57. The minimum absolute atomic E-state index is 0.0201. The number of anilines is 1. The average molecular weight is 355 g/mol. The zero-order valence-corrected chi connectivity index (χ0v) is 14.7. The number of hydrogen-bond donors (Lipinski definition) is 1. The van der Waals surface area contributed by atoms with Crippen molar-refractivity contribution in [3.8, 4) is 0 Å². The molecule has 2 rings (SSSR count). The van der Waals surface area contributed by atoms with Crippen LogP contribution in [0.2, 0.25) is 0 Å². The van der Waals surface area contributed by atoms with Gasteiger partial charge in [0.2, 0.25) is 5.91 Å². The van der Waals surface area contributed by atoms with Gasteiger partial charge in [0.25, 0.3) is 6.43 Å². The summed E-state index contributed by atoms with van der Waals surface area (Å²) in [6.07, 6.45) is -1.70. The SMILES string of the molecule is CCCN(CC(=O)Nc1ccc(CN2CCOCC2)cc1)CC(F)F. The third-order valence-corrected chi connectivity index (χ3v) is 4.05. The summed E-state index contributed by atoms with van der Waals surface area (Å²) >= 11 is 0. The molecule has 0 atom stereocenters. The van der Waals surface area contributed by atoms with Gasteiger partial charge >= 0.3 is 0 Å². The van der Waals surface area contributed by atoms with Crippen LogP contribution < -0.4 is 5.32 Å². The maximum atomic E-state index is 12.5. The number of morpholine rings is 1. The van der Waals surface area contributed by atoms with Crippen LogP contribution in [0.25, 0.3) is 0 Å². The second-order valence-electron chi connectivity index (χ2n) is 6.26. The number of nitrogens with zero attached hydrogens (tertiary/aromatic N) is 2. The number of benzene rings is 1. The van der Waals surface area contributed by atoms with Gasteiger partial charge in [-0.25, -0.2) is 8.78 Å². The van der Waals surface area contributed by atoms with Crippen LogP contribution in [0.1, 0.15) is 18.9 Å². The molecule has 0 bridgehead atoms. The minimum atomic E-state index is -2.43. The topological polar surface area (TPSA) is 44.8 Å². The lowest BCUT2D eigenvalue weighted by Crippen LogP contribution is -2.37. The Bertz CT molecular complexity index is 520. The number of carbonyl (C=O) groups is 1. The Balaban J connectivity index is 1.81. The molecule has 1 saturated heterocycles. The second-order valence-corrected chi connectivity index (χ2v) is 6.26. The van der Waals surface area contributed by atoms with Crippen LogP contribution in [0.5, 0.6) is 0 Å². The lowest BCUT2D eigenvalue weighted by atomic mass is 10.2. The third-order valence-electron chi connectivity index (χ3n) is 4.05. The van der Waals surface area contributed by atoms with E-state index in [0.29, 0.717) is 12.2 Å². The number of amides is 1. The second kappa shape index (κ2) is 10.4. The standard InChI is InChI=1S/C18H27F2N3O2/c1-2-7-23(13-17(19)20)14-18(24)21-16-5-3-15(4-6-16)12-22-8-10-25-11-9-22/h3-6,17H,2,7-14H2,1H3,(H,21,24). The number of hydrogen-bond acceptors (Lipinski definition) is 4. The Morgan fingerprint density at radius 1 is 1.28 bits per heavy atom. The van der Waals surface area contributed by atoms with Gasteiger partial charge in [0, 0.05) is 25.3 Å². The van der Waals surface area contributed by atoms with Crippen LogP contribution >= 0.6 is 0 Å². The largest absolute Gasteiger partial charge is 0.379 e. The fraction of sp³-hybridized carbons (Fsp3) is 0.611. The van der Waals surface area contributed by atoms with Crippen molar-refractivity contribution >= 4 is 11.6 Å². The summed E-state index contributed by atoms with van der Waals surface area (Å²) in [5, 5.41) is 2.78. The first-order chi connectivity index (χ1) is 12.1. The quantitative estimate of drug-likeness (QED) is 0.739. The molecule has 25 heavy (non-hydrogen) atoms. The highest BCUT2D eigenvalue weighted by molar-refractivity contribution is 5.92. The van der Waals surface area contributed by atoms with E-state index in [1.807, 2.05) is 31.2 Å². The molecule has 0 saturated carbocycles. The predicted octanol–water partition coefficient (Wildman–Crippen LogP) is 2.43. The predicted molar refractivity (Wildman–Crippen MR) is 93.9 cm³/mol. The molecule has 0 aromatic heterocycles. The van der Waals surface area contributed by atoms with Crippen molar-refractivity contribution in [1.29, 1.82) is 0 Å². The Kier molecular flexibility index (Phi) is 8.24. The third kappa shape index (κ3) is 7.46. The van der Waals surface area contributed by atoms with Gasteiger partial charge in [0.05, 0.1) is 26.3 Å². The monoisotopic (exact) mass is 355 g/mol. The van der Waals surface area contributed by atoms with Crippen molar-refractivity contribution in [2.24, 2.45) is 0 Å². The number of alkyl halides is 2. The molecule has 1 aromatic carbocycles. The van der Waals surface area contributed by atoms with Crippen LogP contribution in [0.4, 0.5) is 14.5 Å². The van der Waals surface area contributed by atoms with E-state index in [9.17, 15) is 13.6 Å². The van der Waals surface area contributed by atoms with Gasteiger partial charge in [-0.05, 0) is 30.7 Å². The molecule has 5 nitrogen and oxygen atoms in total. The molecular formula is C18H27F2N3O2. The Morgan fingerprint density at radius 2 is 1.96 bits per heavy atom. The zero-order chi connectivity index (χ0) is 18.1. The smallest absolute Gasteiger partial charge is 0.251 e. The fourth-order valence-electron chi connectivity index (χ4n) is 2.86. The molecule has 1 aliphatic heterocycles. The summed E-state index contributed by atoms with van der Waals surface area (Å²) in [6, 6.07) is 7.66. The summed E-state index contributed by atoms with van der Waals surface area (Å²) in [5.74, 6) is -0.268. The van der Waals surface area contributed by atoms with Crippen molar-refractivity contribution in [3.63, 3.8) is 0 Å². The van der Waals surface area contributed by atoms with Gasteiger partial charge in [-0.2, -0.15) is 0 Å². The molecule has 7 heteroatoms. The van der Waals surface area contributed by atoms with Crippen molar-refractivity contribution in [3.05, 3.63) is 29.8 Å². The Labute approximate surface area is 147 Å². The van der Waals surface area contributed by atoms with E-state index in [4.69, 9.17) is 4.74 Å². The van der Waals surface area contributed by atoms with Crippen LogP contribution in [0, 0.1) is 0 Å². The summed E-state index contributed by atoms with van der Waals surface area (Å²) < 4.78 is 30.4. The number of halogens is 2. The number of carbonyl (C=O) groups excluding carboxylic acids is 1. The molecule has 1 amide bonds. The first kappa shape index (κ1) is 19.8. The van der Waals surface area contributed by atoms with E-state index in [2.05, 4.69) is 10.2 Å². The van der Waals surface area contributed by atoms with E-state index in [1.54, 1.807) is 0 Å². The van der Waals surface area contributed by atoms with Crippen molar-refractivity contribution in [2.45, 2.75) is 26.3 Å². The van der Waals surface area contributed by atoms with Crippen molar-refractivity contribution in [1.82, 2.24) is 9.80 Å². The summed E-state index contributed by atoms with van der Waals surface area (Å²) in [5.41, 5.74) is 1.86. The fourth-order valence-corrected chi connectivity index (χ4v) is 2.86. The molecular weight excluding hydrogens is 328 g/mol. The lowest BCUT2D eigenvalue weighted by molar-refractivity contribution is -0.117. The molecule has 0 unspecified atom stereocenters. The first-order valence-corrected chi connectivity index (χ1v) is 8.76. The van der Waals surface area contributed by atoms with Gasteiger partial charge in [-0.1, -0.05) is 19.1 Å². The number of nitrogens with one attached hydrogen (secondary N) is 1. The summed E-state index contributed by atoms with van der Waals surface area (Å²) in [7, 11) is 0. The van der Waals surface area contributed by atoms with E-state index in [1.165, 1.54) is 10.5 Å². The van der Waals surface area contributed by atoms with Gasteiger partial charge in [0.1, 0.15) is 0 Å². The van der Waals surface area contributed by atoms with Gasteiger partial charge in [0.15, 0.2) is 0 Å².